The average molecular weight is 420 g/mol. The topological polar surface area (TPSA) is 77.3 Å². The molecule has 1 aliphatic rings. The highest BCUT2D eigenvalue weighted by Gasteiger charge is 2.26. The molecule has 3 aromatic rings. The number of amides is 1. The van der Waals surface area contributed by atoms with Gasteiger partial charge in [-0.25, -0.2) is 9.97 Å². The quantitative estimate of drug-likeness (QED) is 0.566. The van der Waals surface area contributed by atoms with Gasteiger partial charge in [0.05, 0.1) is 23.1 Å². The first-order valence-electron chi connectivity index (χ1n) is 9.13. The highest BCUT2D eigenvalue weighted by atomic mass is 32.1. The second-order valence-corrected chi connectivity index (χ2v) is 7.52. The summed E-state index contributed by atoms with van der Waals surface area (Å²) in [6.45, 7) is -0.678. The van der Waals surface area contributed by atoms with Crippen molar-refractivity contribution >= 4 is 39.4 Å². The third kappa shape index (κ3) is 3.84. The van der Waals surface area contributed by atoms with Crippen molar-refractivity contribution in [3.63, 3.8) is 0 Å². The second kappa shape index (κ2) is 7.86. The number of ether oxygens (including phenoxy) is 1. The van der Waals surface area contributed by atoms with Gasteiger partial charge in [-0.2, -0.15) is 8.78 Å². The lowest BCUT2D eigenvalue weighted by Crippen LogP contribution is -2.23. The predicted molar refractivity (Wildman–Crippen MR) is 103 cm³/mol. The third-order valence-electron chi connectivity index (χ3n) is 4.66. The third-order valence-corrected chi connectivity index (χ3v) is 5.57. The van der Waals surface area contributed by atoms with Crippen molar-refractivity contribution in [3.05, 3.63) is 41.2 Å². The number of nitrogens with zero attached hydrogens (tertiary/aromatic N) is 4. The van der Waals surface area contributed by atoms with Crippen LogP contribution in [0.25, 0.3) is 11.0 Å². The Labute approximate surface area is 168 Å². The van der Waals surface area contributed by atoms with E-state index in [0.717, 1.165) is 11.0 Å². The van der Waals surface area contributed by atoms with Crippen LogP contribution in [0.1, 0.15) is 43.9 Å². The number of para-hydroxylation sites is 2. The van der Waals surface area contributed by atoms with Crippen LogP contribution in [-0.2, 0) is 20.7 Å². The molecule has 0 bridgehead atoms. The minimum Gasteiger partial charge on any atom is -0.454 e. The molecule has 1 fully saturated rings. The minimum absolute atomic E-state index is 0.0174. The lowest BCUT2D eigenvalue weighted by atomic mass is 10.3. The Bertz CT molecular complexity index is 1060. The van der Waals surface area contributed by atoms with Gasteiger partial charge in [-0.05, 0) is 25.5 Å². The molecule has 2 aromatic heterocycles. The molecule has 1 unspecified atom stereocenters. The molecule has 1 atom stereocenters. The highest BCUT2D eigenvalue weighted by Crippen LogP contribution is 2.29. The number of fused-ring (bicyclic) bond motifs is 1. The zero-order valence-corrected chi connectivity index (χ0v) is 16.4. The molecule has 0 saturated carbocycles. The summed E-state index contributed by atoms with van der Waals surface area (Å²) in [6, 6.07) is 6.52. The van der Waals surface area contributed by atoms with Crippen molar-refractivity contribution in [2.24, 2.45) is 0 Å². The van der Waals surface area contributed by atoms with Gasteiger partial charge in [0.25, 0.3) is 0 Å². The molecular formula is C19H18F2N4O3S. The SMILES string of the molecule is CC(OC(=O)Cc1csc(N2CCCC2=O)n1)c1nc2ccccc2n1C(F)F. The first kappa shape index (κ1) is 19.4. The molecular weight excluding hydrogens is 402 g/mol. The molecule has 1 saturated heterocycles. The molecule has 3 heterocycles. The van der Waals surface area contributed by atoms with Crippen LogP contribution < -0.4 is 4.90 Å². The molecule has 0 radical (unpaired) electrons. The van der Waals surface area contributed by atoms with Gasteiger partial charge in [0.2, 0.25) is 5.91 Å². The molecule has 4 rings (SSSR count). The molecule has 1 aliphatic heterocycles. The summed E-state index contributed by atoms with van der Waals surface area (Å²) in [5, 5.41) is 2.25. The number of carbonyl (C=O) groups is 2. The van der Waals surface area contributed by atoms with E-state index < -0.39 is 18.6 Å². The second-order valence-electron chi connectivity index (χ2n) is 6.69. The van der Waals surface area contributed by atoms with Crippen LogP contribution in [-0.4, -0.2) is 33.0 Å². The normalized spacial score (nSPS) is 15.4. The first-order valence-corrected chi connectivity index (χ1v) is 10.0. The summed E-state index contributed by atoms with van der Waals surface area (Å²) >= 11 is 1.29. The van der Waals surface area contributed by atoms with Crippen LogP contribution in [0.15, 0.2) is 29.6 Å². The number of hydrogen-bond acceptors (Lipinski definition) is 6. The molecule has 1 aromatic carbocycles. The van der Waals surface area contributed by atoms with E-state index in [1.54, 1.807) is 34.5 Å². The van der Waals surface area contributed by atoms with Crippen LogP contribution in [0.2, 0.25) is 0 Å². The Kier molecular flexibility index (Phi) is 5.27. The van der Waals surface area contributed by atoms with E-state index in [0.29, 0.717) is 29.3 Å². The summed E-state index contributed by atoms with van der Waals surface area (Å²) in [4.78, 5) is 34.3. The van der Waals surface area contributed by atoms with Crippen molar-refractivity contribution < 1.29 is 23.1 Å². The molecule has 10 heteroatoms. The van der Waals surface area contributed by atoms with Crippen molar-refractivity contribution in [1.82, 2.24) is 14.5 Å². The number of thiazole rings is 1. The molecule has 1 amide bonds. The van der Waals surface area contributed by atoms with Crippen LogP contribution in [0.5, 0.6) is 0 Å². The maximum absolute atomic E-state index is 13.6. The zero-order valence-electron chi connectivity index (χ0n) is 15.5. The number of hydrogen-bond donors (Lipinski definition) is 0. The summed E-state index contributed by atoms with van der Waals surface area (Å²) in [5.74, 6) is -0.598. The number of esters is 1. The van der Waals surface area contributed by atoms with Gasteiger partial charge in [-0.1, -0.05) is 12.1 Å². The van der Waals surface area contributed by atoms with Gasteiger partial charge < -0.3 is 4.74 Å². The fourth-order valence-corrected chi connectivity index (χ4v) is 4.21. The van der Waals surface area contributed by atoms with Crippen molar-refractivity contribution in [2.75, 3.05) is 11.4 Å². The number of imidazole rings is 1. The summed E-state index contributed by atoms with van der Waals surface area (Å²) in [7, 11) is 0. The molecule has 7 nitrogen and oxygen atoms in total. The fourth-order valence-electron chi connectivity index (χ4n) is 3.35. The monoisotopic (exact) mass is 420 g/mol. The van der Waals surface area contributed by atoms with Crippen molar-refractivity contribution in [3.8, 4) is 0 Å². The van der Waals surface area contributed by atoms with Crippen molar-refractivity contribution in [1.29, 1.82) is 0 Å². The fraction of sp³-hybridized carbons (Fsp3) is 0.368. The number of benzene rings is 1. The van der Waals surface area contributed by atoms with E-state index in [2.05, 4.69) is 9.97 Å². The Morgan fingerprint density at radius 3 is 2.83 bits per heavy atom. The highest BCUT2D eigenvalue weighted by molar-refractivity contribution is 7.14. The lowest BCUT2D eigenvalue weighted by Gasteiger charge is -2.15. The minimum atomic E-state index is -2.81. The maximum atomic E-state index is 13.6. The van der Waals surface area contributed by atoms with Gasteiger partial charge in [0.1, 0.15) is 0 Å². The largest absolute Gasteiger partial charge is 0.454 e. The van der Waals surface area contributed by atoms with E-state index in [9.17, 15) is 18.4 Å². The van der Waals surface area contributed by atoms with E-state index in [-0.39, 0.29) is 23.7 Å². The number of rotatable bonds is 6. The van der Waals surface area contributed by atoms with Gasteiger partial charge in [0.15, 0.2) is 17.1 Å². The van der Waals surface area contributed by atoms with E-state index in [1.807, 2.05) is 0 Å². The Morgan fingerprint density at radius 2 is 2.10 bits per heavy atom. The van der Waals surface area contributed by atoms with Crippen molar-refractivity contribution in [2.45, 2.75) is 38.8 Å². The maximum Gasteiger partial charge on any atom is 0.320 e. The molecule has 29 heavy (non-hydrogen) atoms. The number of carbonyl (C=O) groups excluding carboxylic acids is 2. The van der Waals surface area contributed by atoms with Crippen LogP contribution in [0.4, 0.5) is 13.9 Å². The summed E-state index contributed by atoms with van der Waals surface area (Å²) in [5.41, 5.74) is 1.16. The number of halogens is 2. The van der Waals surface area contributed by atoms with Crippen LogP contribution in [0, 0.1) is 0 Å². The molecule has 0 N–H and O–H groups in total. The Balaban J connectivity index is 1.46. The van der Waals surface area contributed by atoms with E-state index in [1.165, 1.54) is 18.3 Å². The predicted octanol–water partition coefficient (Wildman–Crippen LogP) is 3.86. The summed E-state index contributed by atoms with van der Waals surface area (Å²) in [6.07, 6.45) is 0.220. The smallest absolute Gasteiger partial charge is 0.320 e. The molecule has 152 valence electrons. The van der Waals surface area contributed by atoms with Gasteiger partial charge in [-0.15, -0.1) is 11.3 Å². The lowest BCUT2D eigenvalue weighted by molar-refractivity contribution is -0.148. The Morgan fingerprint density at radius 1 is 1.31 bits per heavy atom. The summed E-state index contributed by atoms with van der Waals surface area (Å²) < 4.78 is 33.2. The van der Waals surface area contributed by atoms with Crippen LogP contribution >= 0.6 is 11.3 Å². The standard InChI is InChI=1S/C19H18F2N4O3S/c1-11(17-23-13-5-2-3-6-14(13)25(17)18(20)21)28-16(27)9-12-10-29-19(22-12)24-8-4-7-15(24)26/h2-3,5-6,10-11,18H,4,7-9H2,1H3. The van der Waals surface area contributed by atoms with E-state index >= 15 is 0 Å². The Hall–Kier alpha value is -2.88. The number of aromatic nitrogens is 3. The number of anilines is 1. The molecule has 0 aliphatic carbocycles. The molecule has 0 spiro atoms. The van der Waals surface area contributed by atoms with Gasteiger partial charge >= 0.3 is 12.5 Å². The average Bonchev–Trinajstić information content (AvgIpc) is 3.38. The van der Waals surface area contributed by atoms with Gasteiger partial charge in [-0.3, -0.25) is 19.1 Å². The van der Waals surface area contributed by atoms with Gasteiger partial charge in [0, 0.05) is 18.3 Å². The zero-order chi connectivity index (χ0) is 20.5. The van der Waals surface area contributed by atoms with Crippen LogP contribution in [0.3, 0.4) is 0 Å². The first-order chi connectivity index (χ1) is 13.9. The number of alkyl halides is 2. The van der Waals surface area contributed by atoms with E-state index in [4.69, 9.17) is 4.74 Å².